The molecule has 102 valence electrons. The first-order chi connectivity index (χ1) is 8.05. The fourth-order valence-corrected chi connectivity index (χ4v) is 3.03. The van der Waals surface area contributed by atoms with Gasteiger partial charge in [-0.15, -0.1) is 0 Å². The van der Waals surface area contributed by atoms with E-state index in [4.69, 9.17) is 0 Å². The smallest absolute Gasteiger partial charge is 0.264 e. The Labute approximate surface area is 104 Å². The molecule has 0 aliphatic heterocycles. The van der Waals surface area contributed by atoms with Gasteiger partial charge in [-0.1, -0.05) is 12.1 Å². The first-order valence-electron chi connectivity index (χ1n) is 5.16. The minimum Gasteiger partial charge on any atom is -0.264 e. The van der Waals surface area contributed by atoms with Crippen LogP contribution in [0.4, 0.5) is 13.2 Å². The molecule has 18 heavy (non-hydrogen) atoms. The molecule has 0 heterocycles. The van der Waals surface area contributed by atoms with Crippen molar-refractivity contribution in [1.82, 2.24) is 0 Å². The van der Waals surface area contributed by atoms with Gasteiger partial charge in [0.25, 0.3) is 10.1 Å². The van der Waals surface area contributed by atoms with Crippen LogP contribution in [0.3, 0.4) is 0 Å². The van der Waals surface area contributed by atoms with E-state index in [1.165, 1.54) is 26.8 Å². The normalized spacial score (nSPS) is 13.1. The first kappa shape index (κ1) is 15.0. The van der Waals surface area contributed by atoms with E-state index in [9.17, 15) is 21.6 Å². The van der Waals surface area contributed by atoms with E-state index < -0.39 is 32.9 Å². The van der Waals surface area contributed by atoms with Crippen molar-refractivity contribution in [2.45, 2.75) is 37.9 Å². The summed E-state index contributed by atoms with van der Waals surface area (Å²) in [6.07, 6.45) is -5.47. The maximum Gasteiger partial charge on any atom is 0.417 e. The number of alkyl halides is 3. The van der Waals surface area contributed by atoms with Gasteiger partial charge in [-0.25, -0.2) is 0 Å². The molecule has 0 amide bonds. The van der Waals surface area contributed by atoms with Crippen molar-refractivity contribution in [2.75, 3.05) is 0 Å². The molecule has 0 aromatic heterocycles. The molecule has 1 rings (SSSR count). The van der Waals surface area contributed by atoms with Gasteiger partial charge in [-0.2, -0.15) is 21.6 Å². The maximum absolute atomic E-state index is 12.8. The molecular weight excluding hydrogens is 269 g/mol. The van der Waals surface area contributed by atoms with Crippen LogP contribution in [0.2, 0.25) is 0 Å². The standard InChI is InChI=1S/C11H13F3O3S/c1-7(2)17-18(15,16)10-8(3)5-4-6-9(10)11(12,13)14/h4-7H,1-3H3. The highest BCUT2D eigenvalue weighted by molar-refractivity contribution is 7.86. The third kappa shape index (κ3) is 3.23. The molecule has 0 atom stereocenters. The zero-order valence-corrected chi connectivity index (χ0v) is 10.9. The summed E-state index contributed by atoms with van der Waals surface area (Å²) in [5.41, 5.74) is -1.20. The molecule has 0 N–H and O–H groups in total. The zero-order valence-electron chi connectivity index (χ0n) is 10.1. The van der Waals surface area contributed by atoms with Crippen LogP contribution in [-0.2, 0) is 20.5 Å². The molecule has 0 unspecified atom stereocenters. The van der Waals surface area contributed by atoms with Crippen molar-refractivity contribution < 1.29 is 25.8 Å². The van der Waals surface area contributed by atoms with Crippen molar-refractivity contribution >= 4 is 10.1 Å². The number of hydrogen-bond acceptors (Lipinski definition) is 3. The van der Waals surface area contributed by atoms with Gasteiger partial charge in [-0.05, 0) is 32.4 Å². The second-order valence-electron chi connectivity index (χ2n) is 4.05. The molecule has 7 heteroatoms. The van der Waals surface area contributed by atoms with Gasteiger partial charge in [0.2, 0.25) is 0 Å². The predicted molar refractivity (Wildman–Crippen MR) is 59.6 cm³/mol. The zero-order chi connectivity index (χ0) is 14.1. The number of aryl methyl sites for hydroxylation is 1. The average molecular weight is 282 g/mol. The molecule has 0 fully saturated rings. The highest BCUT2D eigenvalue weighted by atomic mass is 32.2. The lowest BCUT2D eigenvalue weighted by Crippen LogP contribution is -2.19. The molecule has 0 saturated heterocycles. The van der Waals surface area contributed by atoms with Crippen LogP contribution in [0.25, 0.3) is 0 Å². The van der Waals surface area contributed by atoms with Crippen LogP contribution in [0.15, 0.2) is 23.1 Å². The summed E-state index contributed by atoms with van der Waals surface area (Å²) in [4.78, 5) is -0.814. The van der Waals surface area contributed by atoms with Crippen LogP contribution in [0, 0.1) is 6.92 Å². The van der Waals surface area contributed by atoms with E-state index in [-0.39, 0.29) is 5.56 Å². The van der Waals surface area contributed by atoms with Gasteiger partial charge in [0.05, 0.1) is 11.7 Å². The summed E-state index contributed by atoms with van der Waals surface area (Å²) in [6, 6.07) is 3.18. The lowest BCUT2D eigenvalue weighted by Gasteiger charge is -2.16. The highest BCUT2D eigenvalue weighted by Crippen LogP contribution is 2.36. The molecule has 3 nitrogen and oxygen atoms in total. The van der Waals surface area contributed by atoms with Gasteiger partial charge in [0.15, 0.2) is 0 Å². The lowest BCUT2D eigenvalue weighted by atomic mass is 10.1. The minimum atomic E-state index is -4.74. The monoisotopic (exact) mass is 282 g/mol. The molecule has 0 aliphatic rings. The molecule has 0 bridgehead atoms. The van der Waals surface area contributed by atoms with Crippen molar-refractivity contribution in [3.8, 4) is 0 Å². The number of rotatable bonds is 3. The molecule has 1 aromatic rings. The topological polar surface area (TPSA) is 43.4 Å². The van der Waals surface area contributed by atoms with E-state index in [0.717, 1.165) is 12.1 Å². The van der Waals surface area contributed by atoms with E-state index in [1.54, 1.807) is 0 Å². The maximum atomic E-state index is 12.8. The molecular formula is C11H13F3O3S. The van der Waals surface area contributed by atoms with Crippen molar-refractivity contribution in [3.63, 3.8) is 0 Å². The first-order valence-corrected chi connectivity index (χ1v) is 6.56. The van der Waals surface area contributed by atoms with E-state index in [0.29, 0.717) is 0 Å². The van der Waals surface area contributed by atoms with Gasteiger partial charge in [0.1, 0.15) is 4.90 Å². The number of halogens is 3. The highest BCUT2D eigenvalue weighted by Gasteiger charge is 2.38. The Hall–Kier alpha value is -1.08. The Bertz CT molecular complexity index is 533. The second-order valence-corrected chi connectivity index (χ2v) is 5.56. The van der Waals surface area contributed by atoms with Crippen LogP contribution in [-0.4, -0.2) is 14.5 Å². The van der Waals surface area contributed by atoms with Crippen LogP contribution < -0.4 is 0 Å². The number of hydrogen-bond donors (Lipinski definition) is 0. The van der Waals surface area contributed by atoms with E-state index in [2.05, 4.69) is 4.18 Å². The summed E-state index contributed by atoms with van der Waals surface area (Å²) in [5.74, 6) is 0. The Morgan fingerprint density at radius 1 is 1.22 bits per heavy atom. The summed E-state index contributed by atoms with van der Waals surface area (Å²) < 4.78 is 66.6. The summed E-state index contributed by atoms with van der Waals surface area (Å²) in [7, 11) is -4.42. The molecule has 0 saturated carbocycles. The third-order valence-electron chi connectivity index (χ3n) is 2.09. The Morgan fingerprint density at radius 2 is 1.78 bits per heavy atom. The summed E-state index contributed by atoms with van der Waals surface area (Å²) in [5, 5.41) is 0. The van der Waals surface area contributed by atoms with Gasteiger partial charge < -0.3 is 0 Å². The van der Waals surface area contributed by atoms with E-state index >= 15 is 0 Å². The lowest BCUT2D eigenvalue weighted by molar-refractivity contribution is -0.140. The minimum absolute atomic E-state index is 0.00507. The van der Waals surface area contributed by atoms with Crippen molar-refractivity contribution in [2.24, 2.45) is 0 Å². The average Bonchev–Trinajstić information content (AvgIpc) is 2.13. The largest absolute Gasteiger partial charge is 0.417 e. The second kappa shape index (κ2) is 4.89. The summed E-state index contributed by atoms with van der Waals surface area (Å²) >= 11 is 0. The van der Waals surface area contributed by atoms with Crippen LogP contribution in [0.1, 0.15) is 25.0 Å². The quantitative estimate of drug-likeness (QED) is 0.800. The SMILES string of the molecule is Cc1cccc(C(F)(F)F)c1S(=O)(=O)OC(C)C. The van der Waals surface area contributed by atoms with Crippen LogP contribution in [0.5, 0.6) is 0 Å². The van der Waals surface area contributed by atoms with Crippen molar-refractivity contribution in [1.29, 1.82) is 0 Å². The fraction of sp³-hybridized carbons (Fsp3) is 0.455. The molecule has 0 spiro atoms. The fourth-order valence-electron chi connectivity index (χ4n) is 1.51. The van der Waals surface area contributed by atoms with Gasteiger partial charge >= 0.3 is 6.18 Å². The number of benzene rings is 1. The Balaban J connectivity index is 3.49. The van der Waals surface area contributed by atoms with Crippen molar-refractivity contribution in [3.05, 3.63) is 29.3 Å². The third-order valence-corrected chi connectivity index (χ3v) is 3.77. The van der Waals surface area contributed by atoms with E-state index in [1.807, 2.05) is 0 Å². The summed E-state index contributed by atoms with van der Waals surface area (Å²) in [6.45, 7) is 4.16. The van der Waals surface area contributed by atoms with Gasteiger partial charge in [0, 0.05) is 0 Å². The van der Waals surface area contributed by atoms with Crippen LogP contribution >= 0.6 is 0 Å². The predicted octanol–water partition coefficient (Wildman–Crippen LogP) is 3.13. The molecule has 0 aliphatic carbocycles. The molecule has 1 aromatic carbocycles. The Morgan fingerprint density at radius 3 is 2.22 bits per heavy atom. The van der Waals surface area contributed by atoms with Gasteiger partial charge in [-0.3, -0.25) is 4.18 Å². The Kier molecular flexibility index (Phi) is 4.07. The molecule has 0 radical (unpaired) electrons.